The highest BCUT2D eigenvalue weighted by molar-refractivity contribution is 9.10. The van der Waals surface area contributed by atoms with Crippen LogP contribution in [0.3, 0.4) is 0 Å². The Kier molecular flexibility index (Phi) is 4.71. The van der Waals surface area contributed by atoms with Gasteiger partial charge in [0.1, 0.15) is 5.75 Å². The number of nitrogen functional groups attached to an aromatic ring is 1. The van der Waals surface area contributed by atoms with Crippen LogP contribution >= 0.6 is 15.9 Å². The predicted molar refractivity (Wildman–Crippen MR) is 85.8 cm³/mol. The fourth-order valence-corrected chi connectivity index (χ4v) is 3.12. The maximum absolute atomic E-state index is 12.3. The number of nitrogens with one attached hydrogen (secondary N) is 2. The minimum absolute atomic E-state index is 0.128. The summed E-state index contributed by atoms with van der Waals surface area (Å²) in [6.07, 6.45) is 0. The van der Waals surface area contributed by atoms with E-state index in [1.54, 1.807) is 30.3 Å². The topological polar surface area (TPSA) is 93.4 Å². The zero-order chi connectivity index (χ0) is 15.5. The first-order valence-corrected chi connectivity index (χ1v) is 8.17. The first-order valence-electron chi connectivity index (χ1n) is 5.89. The van der Waals surface area contributed by atoms with Crippen LogP contribution in [0.4, 0.5) is 11.4 Å². The number of ether oxygens (including phenoxy) is 1. The summed E-state index contributed by atoms with van der Waals surface area (Å²) in [5, 5.41) is 0. The molecule has 0 saturated carbocycles. The quantitative estimate of drug-likeness (QED) is 0.554. The van der Waals surface area contributed by atoms with Gasteiger partial charge in [-0.05, 0) is 42.5 Å². The Morgan fingerprint density at radius 1 is 1.14 bits per heavy atom. The van der Waals surface area contributed by atoms with E-state index in [4.69, 9.17) is 10.6 Å². The summed E-state index contributed by atoms with van der Waals surface area (Å²) in [6.45, 7) is 0. The third-order valence-corrected chi connectivity index (χ3v) is 4.61. The molecule has 4 N–H and O–H groups in total. The summed E-state index contributed by atoms with van der Waals surface area (Å²) in [7, 11) is -2.23. The SMILES string of the molecule is COc1ccc(Br)cc1NS(=O)(=O)c1ccc(NN)cc1. The highest BCUT2D eigenvalue weighted by Crippen LogP contribution is 2.30. The molecule has 8 heteroatoms. The van der Waals surface area contributed by atoms with Crippen LogP contribution in [-0.2, 0) is 10.0 Å². The molecule has 0 spiro atoms. The molecule has 2 aromatic rings. The Bertz CT molecular complexity index is 733. The molecule has 112 valence electrons. The lowest BCUT2D eigenvalue weighted by Gasteiger charge is -2.12. The molecule has 2 aromatic carbocycles. The highest BCUT2D eigenvalue weighted by Gasteiger charge is 2.16. The van der Waals surface area contributed by atoms with Crippen molar-refractivity contribution in [2.45, 2.75) is 4.90 Å². The Labute approximate surface area is 131 Å². The minimum Gasteiger partial charge on any atom is -0.495 e. The Morgan fingerprint density at radius 2 is 1.81 bits per heavy atom. The lowest BCUT2D eigenvalue weighted by atomic mass is 10.3. The van der Waals surface area contributed by atoms with E-state index in [-0.39, 0.29) is 4.90 Å². The summed E-state index contributed by atoms with van der Waals surface area (Å²) in [5.41, 5.74) is 3.41. The molecule has 0 fully saturated rings. The van der Waals surface area contributed by atoms with Crippen molar-refractivity contribution in [1.29, 1.82) is 0 Å². The van der Waals surface area contributed by atoms with Crippen molar-refractivity contribution >= 4 is 37.3 Å². The molecule has 0 bridgehead atoms. The zero-order valence-electron chi connectivity index (χ0n) is 11.1. The number of hydrogen-bond acceptors (Lipinski definition) is 5. The minimum atomic E-state index is -3.71. The van der Waals surface area contributed by atoms with Crippen LogP contribution in [0.2, 0.25) is 0 Å². The molecule has 0 amide bonds. The lowest BCUT2D eigenvalue weighted by molar-refractivity contribution is 0.417. The molecular formula is C13H14BrN3O3S. The average molecular weight is 372 g/mol. The fourth-order valence-electron chi connectivity index (χ4n) is 1.69. The monoisotopic (exact) mass is 371 g/mol. The maximum atomic E-state index is 12.3. The van der Waals surface area contributed by atoms with Gasteiger partial charge in [0.25, 0.3) is 10.0 Å². The number of anilines is 2. The number of hydrogen-bond donors (Lipinski definition) is 3. The van der Waals surface area contributed by atoms with Crippen molar-refractivity contribution in [3.63, 3.8) is 0 Å². The molecule has 0 atom stereocenters. The molecule has 0 heterocycles. The zero-order valence-corrected chi connectivity index (χ0v) is 13.5. The van der Waals surface area contributed by atoms with Crippen LogP contribution < -0.4 is 20.7 Å². The van der Waals surface area contributed by atoms with Gasteiger partial charge in [-0.1, -0.05) is 15.9 Å². The van der Waals surface area contributed by atoms with E-state index >= 15 is 0 Å². The Hall–Kier alpha value is -1.77. The van der Waals surface area contributed by atoms with Crippen LogP contribution in [0.1, 0.15) is 0 Å². The van der Waals surface area contributed by atoms with Gasteiger partial charge in [-0.15, -0.1) is 0 Å². The second kappa shape index (κ2) is 6.33. The molecule has 0 radical (unpaired) electrons. The fraction of sp³-hybridized carbons (Fsp3) is 0.0769. The van der Waals surface area contributed by atoms with Crippen LogP contribution in [0.15, 0.2) is 51.8 Å². The van der Waals surface area contributed by atoms with E-state index in [0.717, 1.165) is 4.47 Å². The number of benzene rings is 2. The second-order valence-corrected chi connectivity index (χ2v) is 6.72. The Balaban J connectivity index is 2.34. The number of rotatable bonds is 5. The molecule has 2 rings (SSSR count). The van der Waals surface area contributed by atoms with E-state index < -0.39 is 10.0 Å². The summed E-state index contributed by atoms with van der Waals surface area (Å²) >= 11 is 3.30. The average Bonchev–Trinajstić information content (AvgIpc) is 2.47. The summed E-state index contributed by atoms with van der Waals surface area (Å²) in [5.74, 6) is 5.68. The van der Waals surface area contributed by atoms with E-state index in [1.165, 1.54) is 19.2 Å². The molecular weight excluding hydrogens is 358 g/mol. The maximum Gasteiger partial charge on any atom is 0.262 e. The van der Waals surface area contributed by atoms with Gasteiger partial charge in [0.05, 0.1) is 17.7 Å². The summed E-state index contributed by atoms with van der Waals surface area (Å²) in [6, 6.07) is 11.1. The number of hydrazine groups is 1. The van der Waals surface area contributed by atoms with Gasteiger partial charge in [0.15, 0.2) is 0 Å². The van der Waals surface area contributed by atoms with Gasteiger partial charge in [0, 0.05) is 10.2 Å². The van der Waals surface area contributed by atoms with Gasteiger partial charge in [-0.3, -0.25) is 10.6 Å². The second-order valence-electron chi connectivity index (χ2n) is 4.12. The van der Waals surface area contributed by atoms with E-state index in [1.807, 2.05) is 0 Å². The smallest absolute Gasteiger partial charge is 0.262 e. The van der Waals surface area contributed by atoms with Crippen molar-refractivity contribution in [2.75, 3.05) is 17.3 Å². The van der Waals surface area contributed by atoms with Crippen molar-refractivity contribution in [1.82, 2.24) is 0 Å². The normalized spacial score (nSPS) is 11.0. The van der Waals surface area contributed by atoms with Crippen LogP contribution in [-0.4, -0.2) is 15.5 Å². The van der Waals surface area contributed by atoms with Crippen LogP contribution in [0.25, 0.3) is 0 Å². The molecule has 0 aliphatic carbocycles. The molecule has 21 heavy (non-hydrogen) atoms. The molecule has 6 nitrogen and oxygen atoms in total. The van der Waals surface area contributed by atoms with E-state index in [9.17, 15) is 8.42 Å². The van der Waals surface area contributed by atoms with Crippen molar-refractivity contribution in [2.24, 2.45) is 5.84 Å². The number of sulfonamides is 1. The standard InChI is InChI=1S/C13H14BrN3O3S/c1-20-13-7-2-9(14)8-12(13)17-21(18,19)11-5-3-10(16-15)4-6-11/h2-8,16-17H,15H2,1H3. The molecule has 0 aromatic heterocycles. The van der Waals surface area contributed by atoms with Crippen molar-refractivity contribution in [3.8, 4) is 5.75 Å². The predicted octanol–water partition coefficient (Wildman–Crippen LogP) is 2.54. The lowest BCUT2D eigenvalue weighted by Crippen LogP contribution is -2.14. The number of halogens is 1. The van der Waals surface area contributed by atoms with Gasteiger partial charge >= 0.3 is 0 Å². The van der Waals surface area contributed by atoms with Crippen molar-refractivity contribution < 1.29 is 13.2 Å². The number of methoxy groups -OCH3 is 1. The van der Waals surface area contributed by atoms with E-state index in [0.29, 0.717) is 17.1 Å². The van der Waals surface area contributed by atoms with Gasteiger partial charge in [-0.25, -0.2) is 8.42 Å². The van der Waals surface area contributed by atoms with Crippen LogP contribution in [0, 0.1) is 0 Å². The third kappa shape index (κ3) is 3.66. The summed E-state index contributed by atoms with van der Waals surface area (Å²) < 4.78 is 33.1. The molecule has 0 unspecified atom stereocenters. The third-order valence-electron chi connectivity index (χ3n) is 2.74. The van der Waals surface area contributed by atoms with Gasteiger partial charge in [0.2, 0.25) is 0 Å². The van der Waals surface area contributed by atoms with Gasteiger partial charge in [-0.2, -0.15) is 0 Å². The van der Waals surface area contributed by atoms with Crippen LogP contribution in [0.5, 0.6) is 5.75 Å². The Morgan fingerprint density at radius 3 is 2.38 bits per heavy atom. The highest BCUT2D eigenvalue weighted by atomic mass is 79.9. The van der Waals surface area contributed by atoms with Crippen molar-refractivity contribution in [3.05, 3.63) is 46.9 Å². The van der Waals surface area contributed by atoms with E-state index in [2.05, 4.69) is 26.1 Å². The molecule has 0 aliphatic heterocycles. The first-order chi connectivity index (χ1) is 9.96. The largest absolute Gasteiger partial charge is 0.495 e. The molecule has 0 aliphatic rings. The summed E-state index contributed by atoms with van der Waals surface area (Å²) in [4.78, 5) is 0.128. The van der Waals surface area contributed by atoms with Gasteiger partial charge < -0.3 is 10.2 Å². The number of nitrogens with two attached hydrogens (primary N) is 1. The first kappa shape index (κ1) is 15.6. The molecule has 0 saturated heterocycles.